The molecule has 1 aromatic heterocycles. The number of rotatable bonds is 7. The predicted molar refractivity (Wildman–Crippen MR) is 58.6 cm³/mol. The number of hydrogen-bond donors (Lipinski definition) is 0. The first kappa shape index (κ1) is 12.9. The van der Waals surface area contributed by atoms with Crippen molar-refractivity contribution in [2.75, 3.05) is 5.75 Å². The summed E-state index contributed by atoms with van der Waals surface area (Å²) in [5, 5.41) is 0. The Kier molecular flexibility index (Phi) is 4.70. The Morgan fingerprint density at radius 3 is 2.81 bits per heavy atom. The van der Waals surface area contributed by atoms with Gasteiger partial charge in [-0.05, 0) is 12.8 Å². The fourth-order valence-corrected chi connectivity index (χ4v) is 1.96. The van der Waals surface area contributed by atoms with Crippen molar-refractivity contribution >= 4 is 10.1 Å². The molecule has 16 heavy (non-hydrogen) atoms. The van der Waals surface area contributed by atoms with Crippen molar-refractivity contribution in [1.29, 1.82) is 0 Å². The minimum atomic E-state index is -4.06. The summed E-state index contributed by atoms with van der Waals surface area (Å²) < 4.78 is 35.0. The van der Waals surface area contributed by atoms with Crippen LogP contribution in [0.5, 0.6) is 0 Å². The summed E-state index contributed by atoms with van der Waals surface area (Å²) in [5.41, 5.74) is 0. The molecule has 5 nitrogen and oxygen atoms in total. The van der Waals surface area contributed by atoms with Gasteiger partial charge >= 0.3 is 0 Å². The van der Waals surface area contributed by atoms with E-state index in [4.69, 9.17) is 0 Å². The first-order valence-corrected chi connectivity index (χ1v) is 6.68. The molecule has 1 aromatic rings. The number of nitrogens with zero attached hydrogens (tertiary/aromatic N) is 2. The smallest absolute Gasteiger partial charge is 0.244 e. The third-order valence-electron chi connectivity index (χ3n) is 2.15. The third-order valence-corrected chi connectivity index (χ3v) is 2.94. The topological polar surface area (TPSA) is 66.0 Å². The van der Waals surface area contributed by atoms with E-state index < -0.39 is 10.1 Å². The van der Waals surface area contributed by atoms with Gasteiger partial charge in [-0.2, -0.15) is 0 Å². The molecule has 0 aliphatic heterocycles. The SMILES string of the molecule is C=CCn1cc[n+](CCCCS(=O)(=O)[O-])c1. The highest BCUT2D eigenvalue weighted by atomic mass is 32.2. The maximum Gasteiger partial charge on any atom is 0.244 e. The molecular formula is C10H16N2O3S. The van der Waals surface area contributed by atoms with E-state index in [1.165, 1.54) is 0 Å². The highest BCUT2D eigenvalue weighted by molar-refractivity contribution is 7.85. The van der Waals surface area contributed by atoms with Crippen molar-refractivity contribution in [3.8, 4) is 0 Å². The van der Waals surface area contributed by atoms with Crippen LogP contribution in [0.1, 0.15) is 12.8 Å². The molecule has 6 heteroatoms. The van der Waals surface area contributed by atoms with Gasteiger partial charge in [-0.25, -0.2) is 17.6 Å². The molecule has 0 aliphatic rings. The van der Waals surface area contributed by atoms with Crippen LogP contribution in [0, 0.1) is 0 Å². The summed E-state index contributed by atoms with van der Waals surface area (Å²) in [5.74, 6) is -0.277. The van der Waals surface area contributed by atoms with Gasteiger partial charge in [0.25, 0.3) is 0 Å². The van der Waals surface area contributed by atoms with Crippen molar-refractivity contribution in [3.05, 3.63) is 31.4 Å². The van der Waals surface area contributed by atoms with Crippen LogP contribution in [0.2, 0.25) is 0 Å². The van der Waals surface area contributed by atoms with Gasteiger partial charge in [0.1, 0.15) is 18.9 Å². The number of allylic oxidation sites excluding steroid dienone is 1. The Morgan fingerprint density at radius 1 is 1.44 bits per heavy atom. The molecule has 0 saturated carbocycles. The Balaban J connectivity index is 2.29. The van der Waals surface area contributed by atoms with Crippen LogP contribution in [0.25, 0.3) is 0 Å². The third kappa shape index (κ3) is 5.09. The average Bonchev–Trinajstić information content (AvgIpc) is 2.60. The van der Waals surface area contributed by atoms with Crippen LogP contribution in [0.15, 0.2) is 31.4 Å². The number of aromatic nitrogens is 2. The highest BCUT2D eigenvalue weighted by Crippen LogP contribution is 1.94. The lowest BCUT2D eigenvalue weighted by Gasteiger charge is -2.04. The zero-order valence-corrected chi connectivity index (χ0v) is 9.90. The van der Waals surface area contributed by atoms with Crippen LogP contribution in [0.3, 0.4) is 0 Å². The standard InChI is InChI=1S/C10H16N2O3S/c1-2-5-11-7-8-12(10-11)6-3-4-9-16(13,14)15/h2,7-8,10H,1,3-6,9H2. The van der Waals surface area contributed by atoms with Crippen molar-refractivity contribution in [1.82, 2.24) is 4.57 Å². The summed E-state index contributed by atoms with van der Waals surface area (Å²) in [6.07, 6.45) is 8.65. The minimum absolute atomic E-state index is 0.277. The second-order valence-corrected chi connectivity index (χ2v) is 5.13. The molecule has 0 unspecified atom stereocenters. The quantitative estimate of drug-likeness (QED) is 0.299. The largest absolute Gasteiger partial charge is 0.748 e. The van der Waals surface area contributed by atoms with Gasteiger partial charge in [-0.15, -0.1) is 0 Å². The van der Waals surface area contributed by atoms with E-state index in [-0.39, 0.29) is 5.75 Å². The fourth-order valence-electron chi connectivity index (χ4n) is 1.40. The molecule has 0 aromatic carbocycles. The van der Waals surface area contributed by atoms with Crippen molar-refractivity contribution < 1.29 is 17.5 Å². The fraction of sp³-hybridized carbons (Fsp3) is 0.500. The van der Waals surface area contributed by atoms with Gasteiger partial charge in [0.15, 0.2) is 0 Å². The molecule has 0 fully saturated rings. The molecule has 0 bridgehead atoms. The van der Waals surface area contributed by atoms with Crippen LogP contribution < -0.4 is 4.57 Å². The molecule has 0 spiro atoms. The predicted octanol–water partition coefficient (Wildman–Crippen LogP) is 0.287. The Hall–Kier alpha value is -1.14. The van der Waals surface area contributed by atoms with Gasteiger partial charge < -0.3 is 4.55 Å². The second-order valence-electron chi connectivity index (χ2n) is 3.61. The lowest BCUT2D eigenvalue weighted by Crippen LogP contribution is -2.31. The molecule has 1 heterocycles. The Morgan fingerprint density at radius 2 is 2.19 bits per heavy atom. The van der Waals surface area contributed by atoms with E-state index >= 15 is 0 Å². The normalized spacial score (nSPS) is 11.6. The minimum Gasteiger partial charge on any atom is -0.748 e. The summed E-state index contributed by atoms with van der Waals surface area (Å²) in [7, 11) is -4.06. The van der Waals surface area contributed by atoms with E-state index in [1.54, 1.807) is 6.08 Å². The van der Waals surface area contributed by atoms with E-state index in [2.05, 4.69) is 6.58 Å². The second kappa shape index (κ2) is 5.81. The summed E-state index contributed by atoms with van der Waals surface area (Å²) in [6, 6.07) is 0. The van der Waals surface area contributed by atoms with Crippen LogP contribution in [0.4, 0.5) is 0 Å². The lowest BCUT2D eigenvalue weighted by atomic mass is 10.3. The molecule has 0 atom stereocenters. The van der Waals surface area contributed by atoms with E-state index in [0.717, 1.165) is 13.1 Å². The van der Waals surface area contributed by atoms with Crippen LogP contribution in [-0.2, 0) is 23.2 Å². The highest BCUT2D eigenvalue weighted by Gasteiger charge is 2.02. The maximum atomic E-state index is 10.4. The summed E-state index contributed by atoms with van der Waals surface area (Å²) in [6.45, 7) is 5.11. The van der Waals surface area contributed by atoms with Gasteiger partial charge in [-0.3, -0.25) is 0 Å². The molecular weight excluding hydrogens is 228 g/mol. The van der Waals surface area contributed by atoms with Gasteiger partial charge in [0.05, 0.1) is 16.7 Å². The summed E-state index contributed by atoms with van der Waals surface area (Å²) >= 11 is 0. The molecule has 0 saturated heterocycles. The van der Waals surface area contributed by atoms with E-state index in [9.17, 15) is 13.0 Å². The van der Waals surface area contributed by atoms with Gasteiger partial charge in [0.2, 0.25) is 6.33 Å². The first-order valence-electron chi connectivity index (χ1n) is 5.10. The van der Waals surface area contributed by atoms with E-state index in [0.29, 0.717) is 12.8 Å². The van der Waals surface area contributed by atoms with Crippen molar-refractivity contribution in [2.24, 2.45) is 0 Å². The molecule has 0 N–H and O–H groups in total. The van der Waals surface area contributed by atoms with Gasteiger partial charge in [-0.1, -0.05) is 12.7 Å². The number of aryl methyl sites for hydroxylation is 1. The van der Waals surface area contributed by atoms with Crippen LogP contribution >= 0.6 is 0 Å². The average molecular weight is 244 g/mol. The zero-order valence-electron chi connectivity index (χ0n) is 9.08. The first-order chi connectivity index (χ1) is 7.51. The Bertz CT molecular complexity index is 437. The van der Waals surface area contributed by atoms with Gasteiger partial charge in [0, 0.05) is 5.75 Å². The summed E-state index contributed by atoms with van der Waals surface area (Å²) in [4.78, 5) is 0. The lowest BCUT2D eigenvalue weighted by molar-refractivity contribution is -0.696. The molecule has 90 valence electrons. The van der Waals surface area contributed by atoms with Crippen molar-refractivity contribution in [2.45, 2.75) is 25.9 Å². The maximum absolute atomic E-state index is 10.4. The number of hydrogen-bond acceptors (Lipinski definition) is 3. The number of imidazole rings is 1. The van der Waals surface area contributed by atoms with Crippen molar-refractivity contribution in [3.63, 3.8) is 0 Å². The Labute approximate surface area is 95.8 Å². The molecule has 0 radical (unpaired) electrons. The molecule has 0 amide bonds. The molecule has 1 rings (SSSR count). The number of unbranched alkanes of at least 4 members (excludes halogenated alkanes) is 1. The molecule has 0 aliphatic carbocycles. The van der Waals surface area contributed by atoms with E-state index in [1.807, 2.05) is 27.9 Å². The monoisotopic (exact) mass is 244 g/mol. The van der Waals surface area contributed by atoms with Crippen LogP contribution in [-0.4, -0.2) is 23.3 Å². The zero-order chi connectivity index (χ0) is 12.0.